The number of likely N-dealkylation sites (tertiary alicyclic amines) is 1. The van der Waals surface area contributed by atoms with E-state index in [1.54, 1.807) is 0 Å². The summed E-state index contributed by atoms with van der Waals surface area (Å²) in [6.07, 6.45) is 0.813. The Labute approximate surface area is 60.6 Å². The van der Waals surface area contributed by atoms with Gasteiger partial charge in [-0.3, -0.25) is 9.69 Å². The SMILES string of the molecule is CC(C)N1CC[C@@H]1C(=O)O. The molecule has 1 fully saturated rings. The first-order valence-electron chi connectivity index (χ1n) is 3.61. The number of carbonyl (C=O) groups is 1. The van der Waals surface area contributed by atoms with Crippen molar-refractivity contribution in [3.63, 3.8) is 0 Å². The number of rotatable bonds is 2. The molecule has 0 unspecified atom stereocenters. The summed E-state index contributed by atoms with van der Waals surface area (Å²) in [4.78, 5) is 12.4. The molecule has 1 N–H and O–H groups in total. The highest BCUT2D eigenvalue weighted by atomic mass is 16.4. The van der Waals surface area contributed by atoms with Crippen molar-refractivity contribution in [1.29, 1.82) is 0 Å². The lowest BCUT2D eigenvalue weighted by Crippen LogP contribution is -2.55. The smallest absolute Gasteiger partial charge is 0.320 e. The summed E-state index contributed by atoms with van der Waals surface area (Å²) in [6, 6.07) is 0.162. The summed E-state index contributed by atoms with van der Waals surface area (Å²) < 4.78 is 0. The molecule has 0 saturated carbocycles. The summed E-state index contributed by atoms with van der Waals surface area (Å²) >= 11 is 0. The second-order valence-corrected chi connectivity index (χ2v) is 2.97. The zero-order valence-corrected chi connectivity index (χ0v) is 6.37. The molecule has 0 aliphatic carbocycles. The number of hydrogen-bond donors (Lipinski definition) is 1. The number of nitrogens with zero attached hydrogens (tertiary/aromatic N) is 1. The molecule has 0 amide bonds. The van der Waals surface area contributed by atoms with E-state index in [9.17, 15) is 4.79 Å². The maximum absolute atomic E-state index is 10.5. The van der Waals surface area contributed by atoms with Crippen LogP contribution in [0.3, 0.4) is 0 Å². The van der Waals surface area contributed by atoms with Crippen LogP contribution in [0.25, 0.3) is 0 Å². The maximum Gasteiger partial charge on any atom is 0.320 e. The number of aliphatic carboxylic acids is 1. The quantitative estimate of drug-likeness (QED) is 0.613. The Kier molecular flexibility index (Phi) is 1.94. The van der Waals surface area contributed by atoms with Crippen molar-refractivity contribution >= 4 is 5.97 Å². The summed E-state index contributed by atoms with van der Waals surface area (Å²) in [5, 5.41) is 8.61. The second-order valence-electron chi connectivity index (χ2n) is 2.97. The molecule has 1 heterocycles. The molecule has 3 nitrogen and oxygen atoms in total. The van der Waals surface area contributed by atoms with Crippen LogP contribution < -0.4 is 0 Å². The van der Waals surface area contributed by atoms with E-state index in [0.29, 0.717) is 6.04 Å². The number of carboxylic acid groups (broad SMARTS) is 1. The van der Waals surface area contributed by atoms with Gasteiger partial charge in [0.05, 0.1) is 0 Å². The molecule has 0 aromatic rings. The number of hydrogen-bond acceptors (Lipinski definition) is 2. The van der Waals surface area contributed by atoms with Gasteiger partial charge >= 0.3 is 5.97 Å². The zero-order valence-electron chi connectivity index (χ0n) is 6.37. The van der Waals surface area contributed by atoms with Crippen LogP contribution in [0.2, 0.25) is 0 Å². The molecule has 58 valence electrons. The fourth-order valence-electron chi connectivity index (χ4n) is 1.29. The summed E-state index contributed by atoms with van der Waals surface area (Å²) in [7, 11) is 0. The first kappa shape index (κ1) is 7.54. The van der Waals surface area contributed by atoms with Gasteiger partial charge in [0.25, 0.3) is 0 Å². The highest BCUT2D eigenvalue weighted by Crippen LogP contribution is 2.19. The van der Waals surface area contributed by atoms with Gasteiger partial charge in [-0.1, -0.05) is 0 Å². The largest absolute Gasteiger partial charge is 0.480 e. The van der Waals surface area contributed by atoms with Crippen molar-refractivity contribution in [2.75, 3.05) is 6.54 Å². The van der Waals surface area contributed by atoms with Crippen molar-refractivity contribution in [2.24, 2.45) is 0 Å². The summed E-state index contributed by atoms with van der Waals surface area (Å²) in [5.74, 6) is -0.681. The summed E-state index contributed by atoms with van der Waals surface area (Å²) in [6.45, 7) is 4.98. The molecule has 0 aromatic carbocycles. The van der Waals surface area contributed by atoms with E-state index >= 15 is 0 Å². The van der Waals surface area contributed by atoms with Crippen molar-refractivity contribution in [3.05, 3.63) is 0 Å². The van der Waals surface area contributed by atoms with E-state index in [4.69, 9.17) is 5.11 Å². The fraction of sp³-hybridized carbons (Fsp3) is 0.857. The van der Waals surface area contributed by atoms with E-state index in [1.165, 1.54) is 0 Å². The minimum absolute atomic E-state index is 0.208. The second kappa shape index (κ2) is 2.58. The third kappa shape index (κ3) is 1.14. The van der Waals surface area contributed by atoms with Gasteiger partial charge in [-0.2, -0.15) is 0 Å². The number of carboxylic acids is 1. The lowest BCUT2D eigenvalue weighted by molar-refractivity contribution is -0.149. The molecule has 0 radical (unpaired) electrons. The molecule has 0 spiro atoms. The van der Waals surface area contributed by atoms with Crippen LogP contribution >= 0.6 is 0 Å². The summed E-state index contributed by atoms with van der Waals surface area (Å²) in [5.41, 5.74) is 0. The highest BCUT2D eigenvalue weighted by Gasteiger charge is 2.35. The first-order valence-corrected chi connectivity index (χ1v) is 3.61. The van der Waals surface area contributed by atoms with Crippen molar-refractivity contribution < 1.29 is 9.90 Å². The highest BCUT2D eigenvalue weighted by molar-refractivity contribution is 5.74. The van der Waals surface area contributed by atoms with Gasteiger partial charge in [0.1, 0.15) is 6.04 Å². The van der Waals surface area contributed by atoms with E-state index in [-0.39, 0.29) is 6.04 Å². The van der Waals surface area contributed by atoms with Crippen LogP contribution in [-0.4, -0.2) is 34.6 Å². The predicted molar refractivity (Wildman–Crippen MR) is 37.9 cm³/mol. The van der Waals surface area contributed by atoms with Gasteiger partial charge < -0.3 is 5.11 Å². The van der Waals surface area contributed by atoms with Gasteiger partial charge in [0.15, 0.2) is 0 Å². The molecule has 1 rings (SSSR count). The Hall–Kier alpha value is -0.570. The van der Waals surface area contributed by atoms with Crippen LogP contribution in [0.5, 0.6) is 0 Å². The molecular weight excluding hydrogens is 130 g/mol. The lowest BCUT2D eigenvalue weighted by Gasteiger charge is -2.40. The molecule has 3 heteroatoms. The Bertz CT molecular complexity index is 145. The topological polar surface area (TPSA) is 40.5 Å². The molecular formula is C7H13NO2. The first-order chi connectivity index (χ1) is 4.63. The molecule has 1 aliphatic rings. The van der Waals surface area contributed by atoms with E-state index in [1.807, 2.05) is 18.7 Å². The average molecular weight is 143 g/mol. The lowest BCUT2D eigenvalue weighted by atomic mass is 10.0. The van der Waals surface area contributed by atoms with Gasteiger partial charge in [-0.05, 0) is 20.3 Å². The molecule has 1 atom stereocenters. The minimum atomic E-state index is -0.681. The fourth-order valence-corrected chi connectivity index (χ4v) is 1.29. The molecule has 1 aliphatic heterocycles. The Morgan fingerprint density at radius 1 is 1.70 bits per heavy atom. The van der Waals surface area contributed by atoms with Gasteiger partial charge in [-0.15, -0.1) is 0 Å². The van der Waals surface area contributed by atoms with Crippen LogP contribution in [0, 0.1) is 0 Å². The molecule has 0 aromatic heterocycles. The van der Waals surface area contributed by atoms with Crippen LogP contribution in [0.15, 0.2) is 0 Å². The molecule has 1 saturated heterocycles. The van der Waals surface area contributed by atoms with E-state index in [2.05, 4.69) is 0 Å². The monoisotopic (exact) mass is 143 g/mol. The van der Waals surface area contributed by atoms with Gasteiger partial charge in [-0.25, -0.2) is 0 Å². The molecule has 0 bridgehead atoms. The standard InChI is InChI=1S/C7H13NO2/c1-5(2)8-4-3-6(8)7(9)10/h5-6H,3-4H2,1-2H3,(H,9,10)/t6-/m1/s1. The molecule has 10 heavy (non-hydrogen) atoms. The Morgan fingerprint density at radius 3 is 2.40 bits per heavy atom. The van der Waals surface area contributed by atoms with Crippen LogP contribution in [0.4, 0.5) is 0 Å². The minimum Gasteiger partial charge on any atom is -0.480 e. The zero-order chi connectivity index (χ0) is 7.72. The van der Waals surface area contributed by atoms with E-state index in [0.717, 1.165) is 13.0 Å². The van der Waals surface area contributed by atoms with E-state index < -0.39 is 5.97 Å². The predicted octanol–water partition coefficient (Wildman–Crippen LogP) is 0.554. The third-order valence-corrected chi connectivity index (χ3v) is 2.01. The van der Waals surface area contributed by atoms with Crippen LogP contribution in [-0.2, 0) is 4.79 Å². The Morgan fingerprint density at radius 2 is 2.30 bits per heavy atom. The Balaban J connectivity index is 2.43. The normalized spacial score (nSPS) is 26.5. The average Bonchev–Trinajstić information content (AvgIpc) is 1.56. The van der Waals surface area contributed by atoms with Crippen molar-refractivity contribution in [1.82, 2.24) is 4.90 Å². The van der Waals surface area contributed by atoms with Crippen LogP contribution in [0.1, 0.15) is 20.3 Å². The van der Waals surface area contributed by atoms with Crippen molar-refractivity contribution in [3.8, 4) is 0 Å². The van der Waals surface area contributed by atoms with Crippen molar-refractivity contribution in [2.45, 2.75) is 32.4 Å². The van der Waals surface area contributed by atoms with Gasteiger partial charge in [0.2, 0.25) is 0 Å². The van der Waals surface area contributed by atoms with Gasteiger partial charge in [0, 0.05) is 12.6 Å². The third-order valence-electron chi connectivity index (χ3n) is 2.01. The maximum atomic E-state index is 10.5.